The molecular formula is C17H27ClO. The Hall–Kier alpha value is -0.690. The summed E-state index contributed by atoms with van der Waals surface area (Å²) in [5, 5.41) is 0. The fraction of sp³-hybridized carbons (Fsp3) is 0.647. The van der Waals surface area contributed by atoms with Gasteiger partial charge in [0.2, 0.25) is 0 Å². The Labute approximate surface area is 123 Å². The van der Waals surface area contributed by atoms with E-state index in [-0.39, 0.29) is 5.41 Å². The van der Waals surface area contributed by atoms with Gasteiger partial charge in [0.05, 0.1) is 6.61 Å². The van der Waals surface area contributed by atoms with Gasteiger partial charge in [-0.25, -0.2) is 0 Å². The molecular weight excluding hydrogens is 256 g/mol. The number of hydrogen-bond acceptors (Lipinski definition) is 1. The zero-order valence-electron chi connectivity index (χ0n) is 12.9. The quantitative estimate of drug-likeness (QED) is 0.641. The first-order valence-electron chi connectivity index (χ1n) is 7.14. The molecule has 1 atom stereocenters. The molecule has 0 saturated heterocycles. The van der Waals surface area contributed by atoms with E-state index in [0.29, 0.717) is 5.92 Å². The highest BCUT2D eigenvalue weighted by Gasteiger charge is 2.19. The van der Waals surface area contributed by atoms with E-state index in [0.717, 1.165) is 31.1 Å². The monoisotopic (exact) mass is 282 g/mol. The molecule has 0 amide bonds. The Morgan fingerprint density at radius 1 is 1.21 bits per heavy atom. The molecule has 0 saturated carbocycles. The van der Waals surface area contributed by atoms with E-state index in [9.17, 15) is 0 Å². The lowest BCUT2D eigenvalue weighted by atomic mass is 9.85. The standard InChI is InChI=1S/C17H27ClO/c1-13(8-10-18)9-11-19-16-7-6-14(2)12-15(16)17(3,4)5/h6-7,12-13H,8-11H2,1-5H3. The highest BCUT2D eigenvalue weighted by molar-refractivity contribution is 6.17. The average molecular weight is 283 g/mol. The van der Waals surface area contributed by atoms with E-state index < -0.39 is 0 Å². The van der Waals surface area contributed by atoms with Crippen LogP contribution in [0.1, 0.15) is 51.7 Å². The maximum absolute atomic E-state index is 5.99. The smallest absolute Gasteiger partial charge is 0.123 e. The molecule has 2 heteroatoms. The van der Waals surface area contributed by atoms with E-state index in [1.54, 1.807) is 0 Å². The van der Waals surface area contributed by atoms with E-state index in [4.69, 9.17) is 16.3 Å². The molecule has 0 N–H and O–H groups in total. The summed E-state index contributed by atoms with van der Waals surface area (Å²) in [4.78, 5) is 0. The minimum Gasteiger partial charge on any atom is -0.493 e. The molecule has 0 aromatic heterocycles. The van der Waals surface area contributed by atoms with E-state index >= 15 is 0 Å². The zero-order valence-corrected chi connectivity index (χ0v) is 13.7. The van der Waals surface area contributed by atoms with Crippen LogP contribution < -0.4 is 4.74 Å². The molecule has 0 aliphatic rings. The second-order valence-corrected chi connectivity index (χ2v) is 6.85. The van der Waals surface area contributed by atoms with Crippen molar-refractivity contribution < 1.29 is 4.74 Å². The Morgan fingerprint density at radius 3 is 2.47 bits per heavy atom. The number of rotatable bonds is 6. The van der Waals surface area contributed by atoms with Crippen LogP contribution in [-0.4, -0.2) is 12.5 Å². The van der Waals surface area contributed by atoms with Crippen molar-refractivity contribution in [3.63, 3.8) is 0 Å². The van der Waals surface area contributed by atoms with Crippen LogP contribution in [0.2, 0.25) is 0 Å². The van der Waals surface area contributed by atoms with Gasteiger partial charge in [0.1, 0.15) is 5.75 Å². The van der Waals surface area contributed by atoms with Gasteiger partial charge >= 0.3 is 0 Å². The number of halogens is 1. The molecule has 1 aromatic carbocycles. The molecule has 1 aromatic rings. The fourth-order valence-corrected chi connectivity index (χ4v) is 2.43. The third-order valence-corrected chi connectivity index (χ3v) is 3.63. The molecule has 0 fully saturated rings. The van der Waals surface area contributed by atoms with Gasteiger partial charge in [0.15, 0.2) is 0 Å². The van der Waals surface area contributed by atoms with Gasteiger partial charge < -0.3 is 4.74 Å². The van der Waals surface area contributed by atoms with Gasteiger partial charge in [0.25, 0.3) is 0 Å². The van der Waals surface area contributed by atoms with Crippen LogP contribution in [0.4, 0.5) is 0 Å². The maximum Gasteiger partial charge on any atom is 0.123 e. The van der Waals surface area contributed by atoms with Gasteiger partial charge in [0, 0.05) is 5.88 Å². The predicted octanol–water partition coefficient (Wildman–Crippen LogP) is 5.33. The molecule has 0 spiro atoms. The summed E-state index contributed by atoms with van der Waals surface area (Å²) in [6, 6.07) is 6.45. The third-order valence-electron chi connectivity index (χ3n) is 3.41. The average Bonchev–Trinajstić information content (AvgIpc) is 2.30. The van der Waals surface area contributed by atoms with Crippen LogP contribution in [0.3, 0.4) is 0 Å². The topological polar surface area (TPSA) is 9.23 Å². The molecule has 0 aliphatic carbocycles. The van der Waals surface area contributed by atoms with E-state index in [2.05, 4.69) is 52.8 Å². The SMILES string of the molecule is Cc1ccc(OCCC(C)CCCl)c(C(C)(C)C)c1. The van der Waals surface area contributed by atoms with Gasteiger partial charge in [-0.1, -0.05) is 45.4 Å². The van der Waals surface area contributed by atoms with Crippen molar-refractivity contribution in [2.24, 2.45) is 5.92 Å². The Kier molecular flexibility index (Phi) is 6.19. The Balaban J connectivity index is 2.68. The molecule has 19 heavy (non-hydrogen) atoms. The first kappa shape index (κ1) is 16.4. The van der Waals surface area contributed by atoms with Gasteiger partial charge in [-0.05, 0) is 42.7 Å². The van der Waals surface area contributed by atoms with E-state index in [1.165, 1.54) is 11.1 Å². The van der Waals surface area contributed by atoms with Crippen molar-refractivity contribution >= 4 is 11.6 Å². The van der Waals surface area contributed by atoms with Crippen LogP contribution >= 0.6 is 11.6 Å². The summed E-state index contributed by atoms with van der Waals surface area (Å²) in [7, 11) is 0. The minimum absolute atomic E-state index is 0.114. The lowest BCUT2D eigenvalue weighted by Crippen LogP contribution is -2.14. The van der Waals surface area contributed by atoms with Gasteiger partial charge in [-0.15, -0.1) is 11.6 Å². The van der Waals surface area contributed by atoms with Crippen LogP contribution in [0, 0.1) is 12.8 Å². The van der Waals surface area contributed by atoms with Crippen molar-refractivity contribution in [1.29, 1.82) is 0 Å². The van der Waals surface area contributed by atoms with Gasteiger partial charge in [-0.2, -0.15) is 0 Å². The number of aryl methyl sites for hydroxylation is 1. The number of alkyl halides is 1. The first-order valence-corrected chi connectivity index (χ1v) is 7.68. The molecule has 108 valence electrons. The van der Waals surface area contributed by atoms with Crippen LogP contribution in [0.5, 0.6) is 5.75 Å². The second-order valence-electron chi connectivity index (χ2n) is 6.47. The molecule has 1 unspecified atom stereocenters. The summed E-state index contributed by atoms with van der Waals surface area (Å²) >= 11 is 5.75. The Morgan fingerprint density at radius 2 is 1.89 bits per heavy atom. The molecule has 0 bridgehead atoms. The van der Waals surface area contributed by atoms with Crippen LogP contribution in [0.25, 0.3) is 0 Å². The fourth-order valence-electron chi connectivity index (χ4n) is 2.06. The highest BCUT2D eigenvalue weighted by Crippen LogP contribution is 2.32. The molecule has 0 aliphatic heterocycles. The predicted molar refractivity (Wildman–Crippen MR) is 84.5 cm³/mol. The number of hydrogen-bond donors (Lipinski definition) is 0. The summed E-state index contributed by atoms with van der Waals surface area (Å²) in [5.41, 5.74) is 2.69. The lowest BCUT2D eigenvalue weighted by Gasteiger charge is -2.23. The molecule has 0 radical (unpaired) electrons. The first-order chi connectivity index (χ1) is 8.84. The van der Waals surface area contributed by atoms with Crippen LogP contribution in [0.15, 0.2) is 18.2 Å². The third kappa shape index (κ3) is 5.44. The molecule has 1 nitrogen and oxygen atoms in total. The largest absolute Gasteiger partial charge is 0.493 e. The summed E-state index contributed by atoms with van der Waals surface area (Å²) < 4.78 is 5.99. The number of benzene rings is 1. The zero-order chi connectivity index (χ0) is 14.5. The lowest BCUT2D eigenvalue weighted by molar-refractivity contribution is 0.276. The molecule has 1 rings (SSSR count). The van der Waals surface area contributed by atoms with Crippen LogP contribution in [-0.2, 0) is 5.41 Å². The summed E-state index contributed by atoms with van der Waals surface area (Å²) in [6.07, 6.45) is 2.12. The normalized spacial score (nSPS) is 13.4. The minimum atomic E-state index is 0.114. The van der Waals surface area contributed by atoms with Crippen molar-refractivity contribution in [1.82, 2.24) is 0 Å². The highest BCUT2D eigenvalue weighted by atomic mass is 35.5. The van der Waals surface area contributed by atoms with Crippen molar-refractivity contribution in [2.45, 2.75) is 52.9 Å². The second kappa shape index (κ2) is 7.19. The van der Waals surface area contributed by atoms with Crippen molar-refractivity contribution in [2.75, 3.05) is 12.5 Å². The number of ether oxygens (including phenoxy) is 1. The van der Waals surface area contributed by atoms with E-state index in [1.807, 2.05) is 0 Å². The summed E-state index contributed by atoms with van der Waals surface area (Å²) in [6.45, 7) is 11.8. The van der Waals surface area contributed by atoms with Crippen molar-refractivity contribution in [3.05, 3.63) is 29.3 Å². The Bertz CT molecular complexity index is 393. The molecule has 0 heterocycles. The van der Waals surface area contributed by atoms with Gasteiger partial charge in [-0.3, -0.25) is 0 Å². The summed E-state index contributed by atoms with van der Waals surface area (Å²) in [5.74, 6) is 2.39. The maximum atomic E-state index is 5.99. The van der Waals surface area contributed by atoms with Crippen molar-refractivity contribution in [3.8, 4) is 5.75 Å².